The van der Waals surface area contributed by atoms with E-state index in [2.05, 4.69) is 10.6 Å². The third-order valence-electron chi connectivity index (χ3n) is 3.39. The van der Waals surface area contributed by atoms with E-state index in [1.54, 1.807) is 12.1 Å². The summed E-state index contributed by atoms with van der Waals surface area (Å²) in [6.45, 7) is -0.522. The number of benzene rings is 2. The molecule has 0 saturated heterocycles. The van der Waals surface area contributed by atoms with Gasteiger partial charge in [0.05, 0.1) is 22.0 Å². The summed E-state index contributed by atoms with van der Waals surface area (Å²) >= 11 is 7.00. The minimum absolute atomic E-state index is 0.131. The van der Waals surface area contributed by atoms with E-state index in [1.165, 1.54) is 30.0 Å². The van der Waals surface area contributed by atoms with E-state index in [-0.39, 0.29) is 22.2 Å². The second-order valence-corrected chi connectivity index (χ2v) is 6.73. The molecule has 0 fully saturated rings. The molecule has 134 valence electrons. The molecule has 0 saturated carbocycles. The molecule has 3 rings (SSSR count). The van der Waals surface area contributed by atoms with E-state index in [9.17, 15) is 18.8 Å². The van der Waals surface area contributed by atoms with Crippen molar-refractivity contribution in [2.75, 3.05) is 23.0 Å². The lowest BCUT2D eigenvalue weighted by Crippen LogP contribution is -2.22. The van der Waals surface area contributed by atoms with E-state index < -0.39 is 24.3 Å². The number of anilines is 2. The van der Waals surface area contributed by atoms with Gasteiger partial charge in [0, 0.05) is 10.6 Å². The number of nitrogens with one attached hydrogen (secondary N) is 2. The molecule has 0 unspecified atom stereocenters. The monoisotopic (exact) mass is 394 g/mol. The fraction of sp³-hybridized carbons (Fsp3) is 0.118. The van der Waals surface area contributed by atoms with Crippen LogP contribution in [0, 0.1) is 5.82 Å². The average Bonchev–Trinajstić information content (AvgIpc) is 2.62. The first-order chi connectivity index (χ1) is 12.4. The molecular weight excluding hydrogens is 383 g/mol. The Balaban J connectivity index is 1.58. The van der Waals surface area contributed by atoms with Crippen molar-refractivity contribution < 1.29 is 23.5 Å². The highest BCUT2D eigenvalue weighted by molar-refractivity contribution is 8.00. The third-order valence-corrected chi connectivity index (χ3v) is 4.75. The van der Waals surface area contributed by atoms with Crippen LogP contribution in [-0.4, -0.2) is 30.1 Å². The number of hydrogen-bond acceptors (Lipinski definition) is 5. The van der Waals surface area contributed by atoms with Crippen LogP contribution >= 0.6 is 23.4 Å². The van der Waals surface area contributed by atoms with Crippen molar-refractivity contribution >= 4 is 52.5 Å². The van der Waals surface area contributed by atoms with Crippen molar-refractivity contribution in [2.24, 2.45) is 0 Å². The molecule has 2 N–H and O–H groups in total. The lowest BCUT2D eigenvalue weighted by atomic mass is 10.2. The highest BCUT2D eigenvalue weighted by atomic mass is 35.5. The molecule has 2 amide bonds. The molecule has 0 radical (unpaired) electrons. The predicted octanol–water partition coefficient (Wildman–Crippen LogP) is 3.32. The summed E-state index contributed by atoms with van der Waals surface area (Å²) < 4.78 is 18.0. The molecule has 0 spiro atoms. The van der Waals surface area contributed by atoms with Gasteiger partial charge in [0.2, 0.25) is 5.91 Å². The van der Waals surface area contributed by atoms with Crippen molar-refractivity contribution in [3.05, 3.63) is 52.8 Å². The number of ether oxygens (including phenoxy) is 1. The molecule has 2 aromatic carbocycles. The van der Waals surface area contributed by atoms with E-state index >= 15 is 0 Å². The van der Waals surface area contributed by atoms with Gasteiger partial charge in [-0.25, -0.2) is 9.18 Å². The number of halogens is 2. The van der Waals surface area contributed by atoms with Gasteiger partial charge in [0.25, 0.3) is 5.91 Å². The standard InChI is InChI=1S/C17H12ClFN2O4S/c18-11-6-10(2-3-12(11)19)20-15(22)7-25-17(24)9-1-4-14-13(5-9)21-16(23)8-26-14/h1-6H,7-8H2,(H,20,22)(H,21,23). The number of esters is 1. The number of amides is 2. The first-order valence-corrected chi connectivity index (χ1v) is 8.77. The SMILES string of the molecule is O=C(COC(=O)c1ccc2c(c1)NC(=O)CS2)Nc1ccc(F)c(Cl)c1. The molecule has 6 nitrogen and oxygen atoms in total. The highest BCUT2D eigenvalue weighted by Crippen LogP contribution is 2.32. The smallest absolute Gasteiger partial charge is 0.338 e. The van der Waals surface area contributed by atoms with Gasteiger partial charge in [-0.15, -0.1) is 11.8 Å². The summed E-state index contributed by atoms with van der Waals surface area (Å²) in [6, 6.07) is 8.47. The minimum atomic E-state index is -0.704. The van der Waals surface area contributed by atoms with Gasteiger partial charge in [0.1, 0.15) is 5.82 Å². The highest BCUT2D eigenvalue weighted by Gasteiger charge is 2.18. The number of hydrogen-bond donors (Lipinski definition) is 2. The molecule has 9 heteroatoms. The van der Waals surface area contributed by atoms with Crippen LogP contribution in [0.2, 0.25) is 5.02 Å². The second kappa shape index (κ2) is 7.76. The Morgan fingerprint density at radius 1 is 1.27 bits per heavy atom. The number of thioether (sulfide) groups is 1. The van der Waals surface area contributed by atoms with Crippen molar-refractivity contribution in [3.63, 3.8) is 0 Å². The van der Waals surface area contributed by atoms with Crippen molar-refractivity contribution in [1.29, 1.82) is 0 Å². The largest absolute Gasteiger partial charge is 0.452 e. The summed E-state index contributed by atoms with van der Waals surface area (Å²) in [4.78, 5) is 36.2. The van der Waals surface area contributed by atoms with E-state index in [0.717, 1.165) is 11.0 Å². The Kier molecular flexibility index (Phi) is 5.43. The molecule has 0 bridgehead atoms. The molecule has 0 aromatic heterocycles. The first-order valence-electron chi connectivity index (χ1n) is 7.41. The van der Waals surface area contributed by atoms with Gasteiger partial charge in [-0.05, 0) is 36.4 Å². The van der Waals surface area contributed by atoms with E-state index in [1.807, 2.05) is 0 Å². The zero-order valence-electron chi connectivity index (χ0n) is 13.2. The van der Waals surface area contributed by atoms with Crippen molar-refractivity contribution in [2.45, 2.75) is 4.90 Å². The fourth-order valence-corrected chi connectivity index (χ4v) is 3.16. The molecule has 0 atom stereocenters. The minimum Gasteiger partial charge on any atom is -0.452 e. The molecular formula is C17H12ClFN2O4S. The van der Waals surface area contributed by atoms with Crippen molar-refractivity contribution in [3.8, 4) is 0 Å². The van der Waals surface area contributed by atoms with Crippen LogP contribution in [0.3, 0.4) is 0 Å². The topological polar surface area (TPSA) is 84.5 Å². The van der Waals surface area contributed by atoms with Crippen LogP contribution in [0.4, 0.5) is 15.8 Å². The van der Waals surface area contributed by atoms with Gasteiger partial charge in [-0.3, -0.25) is 9.59 Å². The zero-order chi connectivity index (χ0) is 18.7. The van der Waals surface area contributed by atoms with Crippen LogP contribution in [0.25, 0.3) is 0 Å². The Bertz CT molecular complexity index is 906. The summed E-state index contributed by atoms with van der Waals surface area (Å²) in [5.74, 6) is -1.73. The maximum atomic E-state index is 13.1. The number of rotatable bonds is 4. The van der Waals surface area contributed by atoms with Gasteiger partial charge in [-0.1, -0.05) is 11.6 Å². The van der Waals surface area contributed by atoms with Crippen LogP contribution in [0.1, 0.15) is 10.4 Å². The Hall–Kier alpha value is -2.58. The Morgan fingerprint density at radius 2 is 2.08 bits per heavy atom. The summed E-state index contributed by atoms with van der Waals surface area (Å²) in [7, 11) is 0. The molecule has 2 aromatic rings. The van der Waals surface area contributed by atoms with Gasteiger partial charge >= 0.3 is 5.97 Å². The third kappa shape index (κ3) is 4.33. The maximum absolute atomic E-state index is 13.1. The summed E-state index contributed by atoms with van der Waals surface area (Å²) in [5.41, 5.74) is 1.03. The lowest BCUT2D eigenvalue weighted by molar-refractivity contribution is -0.119. The summed E-state index contributed by atoms with van der Waals surface area (Å²) in [6.07, 6.45) is 0. The van der Waals surface area contributed by atoms with E-state index in [0.29, 0.717) is 11.4 Å². The molecule has 0 aliphatic carbocycles. The van der Waals surface area contributed by atoms with Crippen LogP contribution in [-0.2, 0) is 14.3 Å². The van der Waals surface area contributed by atoms with Gasteiger partial charge < -0.3 is 15.4 Å². The predicted molar refractivity (Wildman–Crippen MR) is 96.1 cm³/mol. The zero-order valence-corrected chi connectivity index (χ0v) is 14.7. The van der Waals surface area contributed by atoms with E-state index in [4.69, 9.17) is 16.3 Å². The molecule has 1 aliphatic rings. The Morgan fingerprint density at radius 3 is 2.85 bits per heavy atom. The fourth-order valence-electron chi connectivity index (χ4n) is 2.20. The molecule has 26 heavy (non-hydrogen) atoms. The summed E-state index contributed by atoms with van der Waals surface area (Å²) in [5, 5.41) is 4.99. The average molecular weight is 395 g/mol. The van der Waals surface area contributed by atoms with Crippen molar-refractivity contribution in [1.82, 2.24) is 0 Å². The molecule has 1 aliphatic heterocycles. The maximum Gasteiger partial charge on any atom is 0.338 e. The number of carbonyl (C=O) groups is 3. The normalized spacial score (nSPS) is 12.8. The van der Waals surface area contributed by atoms with Crippen LogP contribution < -0.4 is 10.6 Å². The number of carbonyl (C=O) groups excluding carboxylic acids is 3. The van der Waals surface area contributed by atoms with Gasteiger partial charge in [0.15, 0.2) is 6.61 Å². The van der Waals surface area contributed by atoms with Crippen LogP contribution in [0.15, 0.2) is 41.3 Å². The quantitative estimate of drug-likeness (QED) is 0.777. The van der Waals surface area contributed by atoms with Crippen LogP contribution in [0.5, 0.6) is 0 Å². The second-order valence-electron chi connectivity index (χ2n) is 5.30. The first kappa shape index (κ1) is 18.2. The molecule has 1 heterocycles. The van der Waals surface area contributed by atoms with Gasteiger partial charge in [-0.2, -0.15) is 0 Å². The Labute approximate surface area is 157 Å². The lowest BCUT2D eigenvalue weighted by Gasteiger charge is -2.16. The number of fused-ring (bicyclic) bond motifs is 1.